The van der Waals surface area contributed by atoms with Crippen LogP contribution >= 0.6 is 27.5 Å². The molecule has 8 heteroatoms. The van der Waals surface area contributed by atoms with Crippen molar-refractivity contribution in [3.8, 4) is 11.5 Å². The van der Waals surface area contributed by atoms with Gasteiger partial charge in [0.2, 0.25) is 5.75 Å². The van der Waals surface area contributed by atoms with Crippen LogP contribution in [0.4, 0.5) is 5.69 Å². The van der Waals surface area contributed by atoms with Crippen molar-refractivity contribution in [1.82, 2.24) is 0 Å². The number of benzene rings is 2. The molecule has 2 rings (SSSR count). The van der Waals surface area contributed by atoms with E-state index in [1.807, 2.05) is 0 Å². The SMILES string of the molecule is N=C(N)c1cc(Cl)ccc1Oc1c(Br)cccc1[N+](=O)[O-]. The molecule has 0 aliphatic heterocycles. The molecule has 108 valence electrons. The Balaban J connectivity index is 2.53. The van der Waals surface area contributed by atoms with Crippen LogP contribution < -0.4 is 10.5 Å². The molecule has 0 heterocycles. The van der Waals surface area contributed by atoms with Gasteiger partial charge in [-0.05, 0) is 40.2 Å². The number of rotatable bonds is 4. The van der Waals surface area contributed by atoms with Gasteiger partial charge in [0.05, 0.1) is 15.0 Å². The molecule has 0 aromatic heterocycles. The Morgan fingerprint density at radius 2 is 2.10 bits per heavy atom. The molecule has 0 radical (unpaired) electrons. The van der Waals surface area contributed by atoms with E-state index in [4.69, 9.17) is 27.5 Å². The number of hydrogen-bond acceptors (Lipinski definition) is 4. The molecule has 3 N–H and O–H groups in total. The van der Waals surface area contributed by atoms with E-state index in [0.29, 0.717) is 9.50 Å². The smallest absolute Gasteiger partial charge is 0.312 e. The second kappa shape index (κ2) is 6.11. The molecule has 0 saturated carbocycles. The van der Waals surface area contributed by atoms with Gasteiger partial charge in [-0.25, -0.2) is 0 Å². The highest BCUT2D eigenvalue weighted by atomic mass is 79.9. The minimum Gasteiger partial charge on any atom is -0.448 e. The highest BCUT2D eigenvalue weighted by Gasteiger charge is 2.20. The van der Waals surface area contributed by atoms with Crippen LogP contribution in [0.1, 0.15) is 5.56 Å². The Hall–Kier alpha value is -2.12. The van der Waals surface area contributed by atoms with Crippen molar-refractivity contribution < 1.29 is 9.66 Å². The summed E-state index contributed by atoms with van der Waals surface area (Å²) in [5.74, 6) is -0.00331. The highest BCUT2D eigenvalue weighted by molar-refractivity contribution is 9.10. The number of hydrogen-bond donors (Lipinski definition) is 2. The molecule has 2 aromatic rings. The van der Waals surface area contributed by atoms with Gasteiger partial charge in [-0.1, -0.05) is 17.7 Å². The molecule has 0 unspecified atom stereocenters. The summed E-state index contributed by atoms with van der Waals surface area (Å²) in [5, 5.41) is 19.0. The molecule has 0 amide bonds. The van der Waals surface area contributed by atoms with Crippen LogP contribution in [0, 0.1) is 15.5 Å². The lowest BCUT2D eigenvalue weighted by atomic mass is 10.2. The maximum Gasteiger partial charge on any atom is 0.312 e. The van der Waals surface area contributed by atoms with Crippen molar-refractivity contribution in [2.45, 2.75) is 0 Å². The van der Waals surface area contributed by atoms with Gasteiger partial charge in [-0.2, -0.15) is 0 Å². The lowest BCUT2D eigenvalue weighted by Crippen LogP contribution is -2.12. The predicted molar refractivity (Wildman–Crippen MR) is 83.3 cm³/mol. The minimum absolute atomic E-state index is 0.0346. The molecule has 0 fully saturated rings. The van der Waals surface area contributed by atoms with Crippen molar-refractivity contribution in [2.24, 2.45) is 5.73 Å². The lowest BCUT2D eigenvalue weighted by Gasteiger charge is -2.12. The molecule has 0 aliphatic rings. The van der Waals surface area contributed by atoms with Crippen LogP contribution in [0.15, 0.2) is 40.9 Å². The standard InChI is InChI=1S/C13H9BrClN3O3/c14-9-2-1-3-10(18(19)20)12(9)21-11-5-4-7(15)6-8(11)13(16)17/h1-6H,(H3,16,17). The summed E-state index contributed by atoms with van der Waals surface area (Å²) in [6.07, 6.45) is 0. The van der Waals surface area contributed by atoms with E-state index in [2.05, 4.69) is 15.9 Å². The summed E-state index contributed by atoms with van der Waals surface area (Å²) in [6.45, 7) is 0. The fourth-order valence-corrected chi connectivity index (χ4v) is 2.26. The molecular formula is C13H9BrClN3O3. The zero-order chi connectivity index (χ0) is 15.6. The van der Waals surface area contributed by atoms with Gasteiger partial charge in [0.1, 0.15) is 11.6 Å². The van der Waals surface area contributed by atoms with E-state index < -0.39 is 4.92 Å². The van der Waals surface area contributed by atoms with Gasteiger partial charge in [0.15, 0.2) is 0 Å². The summed E-state index contributed by atoms with van der Waals surface area (Å²) in [7, 11) is 0. The number of nitro benzene ring substituents is 1. The molecular weight excluding hydrogens is 362 g/mol. The molecule has 0 spiro atoms. The van der Waals surface area contributed by atoms with Crippen LogP contribution in [0.2, 0.25) is 5.02 Å². The third kappa shape index (κ3) is 3.32. The fourth-order valence-electron chi connectivity index (χ4n) is 1.65. The fraction of sp³-hybridized carbons (Fsp3) is 0. The number of amidine groups is 1. The second-order valence-corrected chi connectivity index (χ2v) is 5.29. The highest BCUT2D eigenvalue weighted by Crippen LogP contribution is 2.39. The Morgan fingerprint density at radius 1 is 1.38 bits per heavy atom. The lowest BCUT2D eigenvalue weighted by molar-refractivity contribution is -0.385. The van der Waals surface area contributed by atoms with E-state index in [0.717, 1.165) is 0 Å². The predicted octanol–water partition coefficient (Wildman–Crippen LogP) is 4.09. The van der Waals surface area contributed by atoms with E-state index in [1.54, 1.807) is 12.1 Å². The van der Waals surface area contributed by atoms with Gasteiger partial charge in [0, 0.05) is 11.1 Å². The molecule has 0 atom stereocenters. The zero-order valence-electron chi connectivity index (χ0n) is 10.5. The summed E-state index contributed by atoms with van der Waals surface area (Å²) >= 11 is 9.06. The van der Waals surface area contributed by atoms with Gasteiger partial charge in [0.25, 0.3) is 0 Å². The van der Waals surface area contributed by atoms with Gasteiger partial charge in [-0.15, -0.1) is 0 Å². The largest absolute Gasteiger partial charge is 0.448 e. The third-order valence-corrected chi connectivity index (χ3v) is 3.45. The number of nitrogens with one attached hydrogen (secondary N) is 1. The number of nitrogens with zero attached hydrogens (tertiary/aromatic N) is 1. The van der Waals surface area contributed by atoms with Crippen molar-refractivity contribution in [2.75, 3.05) is 0 Å². The summed E-state index contributed by atoms with van der Waals surface area (Å²) in [5.41, 5.74) is 5.53. The minimum atomic E-state index is -0.552. The molecule has 0 aliphatic carbocycles. The van der Waals surface area contributed by atoms with Gasteiger partial charge >= 0.3 is 5.69 Å². The average Bonchev–Trinajstić information content (AvgIpc) is 2.42. The molecule has 21 heavy (non-hydrogen) atoms. The molecule has 0 bridgehead atoms. The topological polar surface area (TPSA) is 102 Å². The first-order chi connectivity index (χ1) is 9.90. The van der Waals surface area contributed by atoms with Crippen molar-refractivity contribution >= 4 is 39.1 Å². The first-order valence-electron chi connectivity index (χ1n) is 5.65. The Labute approximate surface area is 133 Å². The van der Waals surface area contributed by atoms with Crippen LogP contribution in [0.25, 0.3) is 0 Å². The average molecular weight is 371 g/mol. The van der Waals surface area contributed by atoms with Crippen LogP contribution in [-0.4, -0.2) is 10.8 Å². The first-order valence-corrected chi connectivity index (χ1v) is 6.82. The van der Waals surface area contributed by atoms with Crippen molar-refractivity contribution in [1.29, 1.82) is 5.41 Å². The number of nitrogens with two attached hydrogens (primary N) is 1. The Bertz CT molecular complexity index is 737. The van der Waals surface area contributed by atoms with Gasteiger partial charge < -0.3 is 10.5 Å². The molecule has 2 aromatic carbocycles. The first kappa shape index (κ1) is 15.3. The zero-order valence-corrected chi connectivity index (χ0v) is 12.8. The van der Waals surface area contributed by atoms with Crippen molar-refractivity contribution in [3.63, 3.8) is 0 Å². The van der Waals surface area contributed by atoms with Crippen LogP contribution in [-0.2, 0) is 0 Å². The van der Waals surface area contributed by atoms with E-state index in [1.165, 1.54) is 24.3 Å². The molecule has 6 nitrogen and oxygen atoms in total. The number of nitro groups is 1. The Kier molecular flexibility index (Phi) is 4.44. The quantitative estimate of drug-likeness (QED) is 0.366. The summed E-state index contributed by atoms with van der Waals surface area (Å²) in [6, 6.07) is 8.98. The van der Waals surface area contributed by atoms with Crippen LogP contribution in [0.3, 0.4) is 0 Å². The normalized spacial score (nSPS) is 10.2. The maximum atomic E-state index is 11.1. The summed E-state index contributed by atoms with van der Waals surface area (Å²) < 4.78 is 6.00. The number of halogens is 2. The number of ether oxygens (including phenoxy) is 1. The van der Waals surface area contributed by atoms with E-state index in [9.17, 15) is 10.1 Å². The molecule has 0 saturated heterocycles. The Morgan fingerprint density at radius 3 is 2.71 bits per heavy atom. The van der Waals surface area contributed by atoms with Crippen LogP contribution in [0.5, 0.6) is 11.5 Å². The van der Waals surface area contributed by atoms with E-state index >= 15 is 0 Å². The number of para-hydroxylation sites is 1. The van der Waals surface area contributed by atoms with Crippen molar-refractivity contribution in [3.05, 3.63) is 61.6 Å². The van der Waals surface area contributed by atoms with E-state index in [-0.39, 0.29) is 28.6 Å². The third-order valence-electron chi connectivity index (χ3n) is 2.59. The second-order valence-electron chi connectivity index (χ2n) is 4.00. The number of nitrogen functional groups attached to an aromatic ring is 1. The van der Waals surface area contributed by atoms with Gasteiger partial charge in [-0.3, -0.25) is 15.5 Å². The maximum absolute atomic E-state index is 11.1. The monoisotopic (exact) mass is 369 g/mol. The summed E-state index contributed by atoms with van der Waals surface area (Å²) in [4.78, 5) is 10.5.